The Morgan fingerprint density at radius 1 is 1.31 bits per heavy atom. The molecule has 0 spiro atoms. The molecule has 0 amide bonds. The van der Waals surface area contributed by atoms with Gasteiger partial charge in [-0.1, -0.05) is 25.1 Å². The Morgan fingerprint density at radius 2 is 2.08 bits per heavy atom. The minimum Gasteiger partial charge on any atom is -0.248 e. The summed E-state index contributed by atoms with van der Waals surface area (Å²) in [4.78, 5) is 0. The van der Waals surface area contributed by atoms with Crippen molar-refractivity contribution in [2.75, 3.05) is 0 Å². The number of fused-ring (bicyclic) bond motifs is 1. The monoisotopic (exact) mass is 175 g/mol. The average molecular weight is 175 g/mol. The third-order valence-corrected chi connectivity index (χ3v) is 2.30. The van der Waals surface area contributed by atoms with Crippen LogP contribution in [0.1, 0.15) is 25.3 Å². The molecule has 0 unspecified atom stereocenters. The molecular formula is C10H13N3. The summed E-state index contributed by atoms with van der Waals surface area (Å²) >= 11 is 0. The van der Waals surface area contributed by atoms with Crippen LogP contribution in [0.3, 0.4) is 0 Å². The van der Waals surface area contributed by atoms with Crippen LogP contribution in [0.2, 0.25) is 0 Å². The maximum Gasteiger partial charge on any atom is 0.113 e. The number of hydrogen-bond donors (Lipinski definition) is 0. The Kier molecular flexibility index (Phi) is 1.79. The molecule has 1 aromatic carbocycles. The Labute approximate surface area is 77.4 Å². The highest BCUT2D eigenvalue weighted by Crippen LogP contribution is 2.18. The zero-order valence-electron chi connectivity index (χ0n) is 8.15. The molecule has 0 aliphatic rings. The lowest BCUT2D eigenvalue weighted by Gasteiger charge is -2.04. The first-order chi connectivity index (χ1) is 6.18. The summed E-state index contributed by atoms with van der Waals surface area (Å²) in [7, 11) is 1.92. The van der Waals surface area contributed by atoms with Crippen LogP contribution in [-0.2, 0) is 7.05 Å². The molecule has 1 heterocycles. The number of aryl methyl sites for hydroxylation is 1. The summed E-state index contributed by atoms with van der Waals surface area (Å²) in [5, 5.41) is 7.99. The van der Waals surface area contributed by atoms with E-state index in [1.165, 1.54) is 5.56 Å². The first-order valence-electron chi connectivity index (χ1n) is 4.48. The van der Waals surface area contributed by atoms with Gasteiger partial charge in [0.1, 0.15) is 5.52 Å². The molecule has 0 saturated carbocycles. The second-order valence-corrected chi connectivity index (χ2v) is 3.62. The van der Waals surface area contributed by atoms with E-state index in [0.29, 0.717) is 5.92 Å². The number of nitrogens with zero attached hydrogens (tertiary/aromatic N) is 3. The molecule has 0 aliphatic carbocycles. The van der Waals surface area contributed by atoms with E-state index in [-0.39, 0.29) is 0 Å². The van der Waals surface area contributed by atoms with Gasteiger partial charge in [-0.3, -0.25) is 0 Å². The van der Waals surface area contributed by atoms with Crippen molar-refractivity contribution in [3.05, 3.63) is 23.8 Å². The Bertz CT molecular complexity index is 429. The molecule has 0 bridgehead atoms. The van der Waals surface area contributed by atoms with E-state index >= 15 is 0 Å². The van der Waals surface area contributed by atoms with E-state index in [9.17, 15) is 0 Å². The van der Waals surface area contributed by atoms with Crippen LogP contribution in [0.25, 0.3) is 11.0 Å². The Balaban J connectivity index is 2.66. The van der Waals surface area contributed by atoms with Gasteiger partial charge in [-0.15, -0.1) is 5.10 Å². The van der Waals surface area contributed by atoms with Crippen molar-refractivity contribution in [2.24, 2.45) is 7.05 Å². The zero-order valence-corrected chi connectivity index (χ0v) is 8.15. The molecule has 0 atom stereocenters. The van der Waals surface area contributed by atoms with Crippen LogP contribution in [0, 0.1) is 0 Å². The van der Waals surface area contributed by atoms with Crippen LogP contribution in [-0.4, -0.2) is 15.0 Å². The van der Waals surface area contributed by atoms with Crippen LogP contribution in [0.4, 0.5) is 0 Å². The van der Waals surface area contributed by atoms with Gasteiger partial charge >= 0.3 is 0 Å². The number of benzene rings is 1. The summed E-state index contributed by atoms with van der Waals surface area (Å²) in [6, 6.07) is 6.29. The fourth-order valence-corrected chi connectivity index (χ4v) is 1.41. The van der Waals surface area contributed by atoms with Gasteiger partial charge in [0.2, 0.25) is 0 Å². The molecule has 13 heavy (non-hydrogen) atoms. The zero-order chi connectivity index (χ0) is 9.42. The smallest absolute Gasteiger partial charge is 0.113 e. The first kappa shape index (κ1) is 8.23. The Morgan fingerprint density at radius 3 is 2.77 bits per heavy atom. The largest absolute Gasteiger partial charge is 0.248 e. The molecule has 0 fully saturated rings. The van der Waals surface area contributed by atoms with Crippen LogP contribution in [0.5, 0.6) is 0 Å². The van der Waals surface area contributed by atoms with E-state index in [1.807, 2.05) is 13.1 Å². The number of aromatic nitrogens is 3. The molecule has 0 saturated heterocycles. The van der Waals surface area contributed by atoms with Crippen molar-refractivity contribution < 1.29 is 0 Å². The average Bonchev–Trinajstić information content (AvgIpc) is 2.47. The molecule has 68 valence electrons. The quantitative estimate of drug-likeness (QED) is 0.664. The SMILES string of the molecule is CC(C)c1ccc2nnn(C)c2c1. The second kappa shape index (κ2) is 2.83. The molecule has 3 heteroatoms. The summed E-state index contributed by atoms with van der Waals surface area (Å²) in [6.45, 7) is 4.37. The summed E-state index contributed by atoms with van der Waals surface area (Å²) < 4.78 is 1.81. The third-order valence-electron chi connectivity index (χ3n) is 2.30. The summed E-state index contributed by atoms with van der Waals surface area (Å²) in [5.41, 5.74) is 3.40. The molecule has 0 N–H and O–H groups in total. The van der Waals surface area contributed by atoms with Crippen LogP contribution >= 0.6 is 0 Å². The van der Waals surface area contributed by atoms with Gasteiger partial charge in [-0.05, 0) is 23.6 Å². The first-order valence-corrected chi connectivity index (χ1v) is 4.48. The summed E-state index contributed by atoms with van der Waals surface area (Å²) in [6.07, 6.45) is 0. The molecule has 2 aromatic rings. The highest BCUT2D eigenvalue weighted by molar-refractivity contribution is 5.75. The lowest BCUT2D eigenvalue weighted by molar-refractivity contribution is 0.735. The molecule has 2 rings (SSSR count). The van der Waals surface area contributed by atoms with E-state index in [0.717, 1.165) is 11.0 Å². The fraction of sp³-hybridized carbons (Fsp3) is 0.400. The predicted octanol–water partition coefficient (Wildman–Crippen LogP) is 2.09. The summed E-state index contributed by atoms with van der Waals surface area (Å²) in [5.74, 6) is 0.555. The van der Waals surface area contributed by atoms with Crippen molar-refractivity contribution in [3.8, 4) is 0 Å². The van der Waals surface area contributed by atoms with Gasteiger partial charge in [0.15, 0.2) is 0 Å². The van der Waals surface area contributed by atoms with E-state index < -0.39 is 0 Å². The second-order valence-electron chi connectivity index (χ2n) is 3.62. The highest BCUT2D eigenvalue weighted by atomic mass is 15.4. The maximum absolute atomic E-state index is 4.03. The van der Waals surface area contributed by atoms with Gasteiger partial charge in [-0.2, -0.15) is 0 Å². The van der Waals surface area contributed by atoms with Crippen molar-refractivity contribution in [1.82, 2.24) is 15.0 Å². The van der Waals surface area contributed by atoms with Crippen molar-refractivity contribution >= 4 is 11.0 Å². The minimum atomic E-state index is 0.555. The topological polar surface area (TPSA) is 30.7 Å². The molecule has 1 aromatic heterocycles. The minimum absolute atomic E-state index is 0.555. The fourth-order valence-electron chi connectivity index (χ4n) is 1.41. The number of rotatable bonds is 1. The predicted molar refractivity (Wildman–Crippen MR) is 52.6 cm³/mol. The van der Waals surface area contributed by atoms with Gasteiger partial charge in [0.25, 0.3) is 0 Å². The van der Waals surface area contributed by atoms with Gasteiger partial charge in [0, 0.05) is 7.05 Å². The maximum atomic E-state index is 4.03. The standard InChI is InChI=1S/C10H13N3/c1-7(2)8-4-5-9-10(6-8)13(3)12-11-9/h4-7H,1-3H3. The lowest BCUT2D eigenvalue weighted by atomic mass is 10.0. The van der Waals surface area contributed by atoms with E-state index in [4.69, 9.17) is 0 Å². The van der Waals surface area contributed by atoms with Crippen LogP contribution < -0.4 is 0 Å². The number of hydrogen-bond acceptors (Lipinski definition) is 2. The van der Waals surface area contributed by atoms with E-state index in [2.05, 4.69) is 36.3 Å². The molecule has 0 aliphatic heterocycles. The third kappa shape index (κ3) is 1.30. The van der Waals surface area contributed by atoms with Crippen molar-refractivity contribution in [1.29, 1.82) is 0 Å². The molecular weight excluding hydrogens is 162 g/mol. The van der Waals surface area contributed by atoms with Crippen molar-refractivity contribution in [3.63, 3.8) is 0 Å². The Hall–Kier alpha value is -1.38. The molecule has 3 nitrogen and oxygen atoms in total. The lowest BCUT2D eigenvalue weighted by Crippen LogP contribution is -1.91. The van der Waals surface area contributed by atoms with Gasteiger partial charge in [0.05, 0.1) is 5.52 Å². The highest BCUT2D eigenvalue weighted by Gasteiger charge is 2.04. The van der Waals surface area contributed by atoms with Crippen LogP contribution in [0.15, 0.2) is 18.2 Å². The normalized spacial score (nSPS) is 11.4. The van der Waals surface area contributed by atoms with Crippen molar-refractivity contribution in [2.45, 2.75) is 19.8 Å². The van der Waals surface area contributed by atoms with Gasteiger partial charge in [-0.25, -0.2) is 4.68 Å². The molecule has 0 radical (unpaired) electrons. The van der Waals surface area contributed by atoms with E-state index in [1.54, 1.807) is 4.68 Å². The van der Waals surface area contributed by atoms with Gasteiger partial charge < -0.3 is 0 Å².